The van der Waals surface area contributed by atoms with Crippen LogP contribution in [0.5, 0.6) is 0 Å². The molecule has 1 aromatic rings. The lowest BCUT2D eigenvalue weighted by Gasteiger charge is -2.03. The number of benzene rings is 1. The summed E-state index contributed by atoms with van der Waals surface area (Å²) in [5, 5.41) is 0. The van der Waals surface area contributed by atoms with Crippen LogP contribution in [0.25, 0.3) is 6.08 Å². The molecule has 0 atom stereocenters. The van der Waals surface area contributed by atoms with Crippen LogP contribution in [0.3, 0.4) is 0 Å². The molecule has 0 aromatic heterocycles. The van der Waals surface area contributed by atoms with Crippen LogP contribution in [0.1, 0.15) is 16.7 Å². The van der Waals surface area contributed by atoms with Gasteiger partial charge in [-0.1, -0.05) is 30.4 Å². The number of allylic oxidation sites excluding steroid dienone is 1. The lowest BCUT2D eigenvalue weighted by molar-refractivity contribution is 1.06. The first-order valence-electron chi connectivity index (χ1n) is 3.89. The molecule has 0 saturated heterocycles. The fraction of sp³-hybridized carbons (Fsp3) is 0.200. The van der Waals surface area contributed by atoms with Crippen LogP contribution in [0, 0.1) is 0 Å². The minimum atomic E-state index is 0.646. The van der Waals surface area contributed by atoms with E-state index in [1.165, 1.54) is 16.7 Å². The van der Waals surface area contributed by atoms with Crippen molar-refractivity contribution < 1.29 is 0 Å². The highest BCUT2D eigenvalue weighted by Gasteiger charge is 2.06. The van der Waals surface area contributed by atoms with Crippen molar-refractivity contribution in [2.24, 2.45) is 5.73 Å². The molecule has 56 valence electrons. The van der Waals surface area contributed by atoms with Crippen LogP contribution in [-0.4, -0.2) is 0 Å². The molecule has 11 heavy (non-hydrogen) atoms. The standard InChI is InChI=1S/C10H11N/c11-7-9-5-1-3-8-4-2-6-10(8)9/h1-3,5-6H,4,7,11H2. The van der Waals surface area contributed by atoms with Crippen molar-refractivity contribution in [2.45, 2.75) is 13.0 Å². The third-order valence-corrected chi connectivity index (χ3v) is 2.13. The molecule has 0 aliphatic heterocycles. The topological polar surface area (TPSA) is 26.0 Å². The maximum absolute atomic E-state index is 5.59. The zero-order valence-corrected chi connectivity index (χ0v) is 6.38. The quantitative estimate of drug-likeness (QED) is 0.639. The van der Waals surface area contributed by atoms with Gasteiger partial charge in [0.25, 0.3) is 0 Å². The Morgan fingerprint density at radius 2 is 2.27 bits per heavy atom. The summed E-state index contributed by atoms with van der Waals surface area (Å²) in [6.45, 7) is 0.646. The molecular weight excluding hydrogens is 134 g/mol. The summed E-state index contributed by atoms with van der Waals surface area (Å²) in [7, 11) is 0. The summed E-state index contributed by atoms with van der Waals surface area (Å²) in [5.41, 5.74) is 9.60. The molecule has 1 aliphatic carbocycles. The number of nitrogens with two attached hydrogens (primary N) is 1. The van der Waals surface area contributed by atoms with Crippen molar-refractivity contribution in [1.29, 1.82) is 0 Å². The Hall–Kier alpha value is -1.08. The van der Waals surface area contributed by atoms with Crippen LogP contribution in [-0.2, 0) is 13.0 Å². The maximum Gasteiger partial charge on any atom is 0.0184 e. The Balaban J connectivity index is 2.57. The van der Waals surface area contributed by atoms with Gasteiger partial charge in [-0.15, -0.1) is 0 Å². The Morgan fingerprint density at radius 1 is 1.36 bits per heavy atom. The zero-order valence-electron chi connectivity index (χ0n) is 6.38. The van der Waals surface area contributed by atoms with Gasteiger partial charge in [0.15, 0.2) is 0 Å². The summed E-state index contributed by atoms with van der Waals surface area (Å²) in [6, 6.07) is 6.33. The molecule has 2 rings (SSSR count). The van der Waals surface area contributed by atoms with Gasteiger partial charge in [-0.25, -0.2) is 0 Å². The third-order valence-electron chi connectivity index (χ3n) is 2.13. The van der Waals surface area contributed by atoms with Crippen LogP contribution < -0.4 is 5.73 Å². The smallest absolute Gasteiger partial charge is 0.0184 e. The van der Waals surface area contributed by atoms with Crippen molar-refractivity contribution in [2.75, 3.05) is 0 Å². The van der Waals surface area contributed by atoms with E-state index in [0.717, 1.165) is 6.42 Å². The van der Waals surface area contributed by atoms with Crippen LogP contribution >= 0.6 is 0 Å². The summed E-state index contributed by atoms with van der Waals surface area (Å²) in [5.74, 6) is 0. The number of rotatable bonds is 1. The van der Waals surface area contributed by atoms with Crippen molar-refractivity contribution >= 4 is 6.08 Å². The first-order chi connectivity index (χ1) is 5.42. The second-order valence-electron chi connectivity index (χ2n) is 2.80. The highest BCUT2D eigenvalue weighted by molar-refractivity contribution is 5.63. The minimum absolute atomic E-state index is 0.646. The Kier molecular flexibility index (Phi) is 1.51. The van der Waals surface area contributed by atoms with Crippen molar-refractivity contribution in [3.63, 3.8) is 0 Å². The lowest BCUT2D eigenvalue weighted by atomic mass is 10.0. The Morgan fingerprint density at radius 3 is 3.09 bits per heavy atom. The third kappa shape index (κ3) is 0.976. The van der Waals surface area contributed by atoms with Crippen LogP contribution in [0.4, 0.5) is 0 Å². The molecule has 1 nitrogen and oxygen atoms in total. The fourth-order valence-electron chi connectivity index (χ4n) is 1.54. The molecule has 1 aliphatic rings. The second-order valence-corrected chi connectivity index (χ2v) is 2.80. The Labute approximate surface area is 66.5 Å². The van der Waals surface area contributed by atoms with Gasteiger partial charge in [0.1, 0.15) is 0 Å². The molecule has 0 fully saturated rings. The van der Waals surface area contributed by atoms with E-state index in [0.29, 0.717) is 6.54 Å². The van der Waals surface area contributed by atoms with Gasteiger partial charge in [0.2, 0.25) is 0 Å². The van der Waals surface area contributed by atoms with E-state index in [4.69, 9.17) is 5.73 Å². The SMILES string of the molecule is NCc1cccc2c1C=CC2. The predicted molar refractivity (Wildman–Crippen MR) is 47.1 cm³/mol. The monoisotopic (exact) mass is 145 g/mol. The van der Waals surface area contributed by atoms with E-state index in [-0.39, 0.29) is 0 Å². The number of fused-ring (bicyclic) bond motifs is 1. The fourth-order valence-corrected chi connectivity index (χ4v) is 1.54. The highest BCUT2D eigenvalue weighted by atomic mass is 14.5. The summed E-state index contributed by atoms with van der Waals surface area (Å²) >= 11 is 0. The lowest BCUT2D eigenvalue weighted by Crippen LogP contribution is -1.99. The van der Waals surface area contributed by atoms with E-state index in [9.17, 15) is 0 Å². The predicted octanol–water partition coefficient (Wildman–Crippen LogP) is 1.71. The summed E-state index contributed by atoms with van der Waals surface area (Å²) in [6.07, 6.45) is 5.42. The van der Waals surface area contributed by atoms with Crippen molar-refractivity contribution in [3.8, 4) is 0 Å². The average Bonchev–Trinajstić information content (AvgIpc) is 2.50. The number of hydrogen-bond acceptors (Lipinski definition) is 1. The summed E-state index contributed by atoms with van der Waals surface area (Å²) < 4.78 is 0. The van der Waals surface area contributed by atoms with Gasteiger partial charge in [-0.3, -0.25) is 0 Å². The van der Waals surface area contributed by atoms with E-state index in [1.54, 1.807) is 0 Å². The molecule has 0 bridgehead atoms. The molecule has 1 heteroatoms. The van der Waals surface area contributed by atoms with E-state index in [1.807, 2.05) is 0 Å². The molecule has 0 saturated carbocycles. The molecule has 1 aromatic carbocycles. The zero-order chi connectivity index (χ0) is 7.68. The highest BCUT2D eigenvalue weighted by Crippen LogP contribution is 2.22. The minimum Gasteiger partial charge on any atom is -0.326 e. The molecule has 0 radical (unpaired) electrons. The first kappa shape index (κ1) is 6.62. The first-order valence-corrected chi connectivity index (χ1v) is 3.89. The molecule has 0 amide bonds. The largest absolute Gasteiger partial charge is 0.326 e. The van der Waals surface area contributed by atoms with Crippen molar-refractivity contribution in [1.82, 2.24) is 0 Å². The van der Waals surface area contributed by atoms with Gasteiger partial charge in [0.05, 0.1) is 0 Å². The second kappa shape index (κ2) is 2.51. The van der Waals surface area contributed by atoms with Gasteiger partial charge in [-0.05, 0) is 23.1 Å². The van der Waals surface area contributed by atoms with Crippen LogP contribution in [0.2, 0.25) is 0 Å². The van der Waals surface area contributed by atoms with E-state index < -0.39 is 0 Å². The van der Waals surface area contributed by atoms with Gasteiger partial charge >= 0.3 is 0 Å². The van der Waals surface area contributed by atoms with E-state index in [2.05, 4.69) is 30.4 Å². The van der Waals surface area contributed by atoms with Gasteiger partial charge in [-0.2, -0.15) is 0 Å². The van der Waals surface area contributed by atoms with Gasteiger partial charge < -0.3 is 5.73 Å². The van der Waals surface area contributed by atoms with Gasteiger partial charge in [0, 0.05) is 6.54 Å². The van der Waals surface area contributed by atoms with Crippen molar-refractivity contribution in [3.05, 3.63) is 41.0 Å². The average molecular weight is 145 g/mol. The molecule has 0 spiro atoms. The van der Waals surface area contributed by atoms with E-state index >= 15 is 0 Å². The van der Waals surface area contributed by atoms with Crippen LogP contribution in [0.15, 0.2) is 24.3 Å². The molecule has 2 N–H and O–H groups in total. The number of hydrogen-bond donors (Lipinski definition) is 1. The molecule has 0 unspecified atom stereocenters. The molecular formula is C10H11N. The Bertz CT molecular complexity index is 300. The molecule has 0 heterocycles. The summed E-state index contributed by atoms with van der Waals surface area (Å²) in [4.78, 5) is 0. The maximum atomic E-state index is 5.59. The normalized spacial score (nSPS) is 13.5.